The molecule has 0 aliphatic carbocycles. The number of amides is 2. The third-order valence-corrected chi connectivity index (χ3v) is 5.49. The molecular weight excluding hydrogens is 414 g/mol. The molecule has 0 saturated carbocycles. The zero-order valence-electron chi connectivity index (χ0n) is 16.9. The lowest BCUT2D eigenvalue weighted by atomic mass is 10.1. The first-order chi connectivity index (χ1) is 13.3. The van der Waals surface area contributed by atoms with Crippen LogP contribution in [0.3, 0.4) is 0 Å². The number of anilines is 2. The topological polar surface area (TPSA) is 95.6 Å². The average Bonchev–Trinajstić information content (AvgIpc) is 2.59. The van der Waals surface area contributed by atoms with Crippen LogP contribution in [-0.2, 0) is 10.0 Å². The van der Waals surface area contributed by atoms with Gasteiger partial charge in [0.2, 0.25) is 10.0 Å². The van der Waals surface area contributed by atoms with Crippen molar-refractivity contribution in [2.24, 2.45) is 0 Å². The minimum absolute atomic E-state index is 0.0899. The number of para-hydroxylation sites is 1. The van der Waals surface area contributed by atoms with Crippen molar-refractivity contribution in [1.29, 1.82) is 0 Å². The van der Waals surface area contributed by atoms with Crippen molar-refractivity contribution >= 4 is 44.8 Å². The van der Waals surface area contributed by atoms with Gasteiger partial charge in [0, 0.05) is 12.6 Å². The largest absolute Gasteiger partial charge is 0.347 e. The molecular formula is C20H24ClN3O4S. The maximum absolute atomic E-state index is 12.7. The molecule has 2 aromatic rings. The number of hydrogen-bond acceptors (Lipinski definition) is 4. The highest BCUT2D eigenvalue weighted by Crippen LogP contribution is 2.26. The van der Waals surface area contributed by atoms with Crippen LogP contribution in [0.25, 0.3) is 0 Å². The number of benzene rings is 2. The SMILES string of the molecule is CN(c1ccc(C(=O)Nc2ccccc2C(=O)NC(C)(C)C)c(Cl)c1)S(C)(=O)=O. The Kier molecular flexibility index (Phi) is 6.60. The van der Waals surface area contributed by atoms with Gasteiger partial charge in [0.1, 0.15) is 0 Å². The second kappa shape index (κ2) is 8.42. The van der Waals surface area contributed by atoms with E-state index in [-0.39, 0.29) is 16.5 Å². The van der Waals surface area contributed by atoms with Gasteiger partial charge in [-0.2, -0.15) is 0 Å². The van der Waals surface area contributed by atoms with Crippen LogP contribution >= 0.6 is 11.6 Å². The molecule has 0 radical (unpaired) electrons. The smallest absolute Gasteiger partial charge is 0.257 e. The van der Waals surface area contributed by atoms with Gasteiger partial charge in [0.15, 0.2) is 0 Å². The molecule has 0 heterocycles. The first-order valence-corrected chi connectivity index (χ1v) is 11.0. The normalized spacial score (nSPS) is 11.7. The van der Waals surface area contributed by atoms with Gasteiger partial charge in [-0.3, -0.25) is 13.9 Å². The Morgan fingerprint density at radius 2 is 1.62 bits per heavy atom. The van der Waals surface area contributed by atoms with Gasteiger partial charge in [0.05, 0.1) is 33.8 Å². The zero-order chi connectivity index (χ0) is 22.0. The lowest BCUT2D eigenvalue weighted by Gasteiger charge is -2.21. The fraction of sp³-hybridized carbons (Fsp3) is 0.300. The van der Waals surface area contributed by atoms with E-state index < -0.39 is 21.5 Å². The first kappa shape index (κ1) is 22.7. The highest BCUT2D eigenvalue weighted by Gasteiger charge is 2.20. The van der Waals surface area contributed by atoms with Gasteiger partial charge in [-0.15, -0.1) is 0 Å². The predicted octanol–water partition coefficient (Wildman–Crippen LogP) is 3.52. The molecule has 2 aromatic carbocycles. The summed E-state index contributed by atoms with van der Waals surface area (Å²) >= 11 is 6.21. The Morgan fingerprint density at radius 3 is 2.17 bits per heavy atom. The Bertz CT molecular complexity index is 1050. The van der Waals surface area contributed by atoms with Crippen LogP contribution in [0.1, 0.15) is 41.5 Å². The molecule has 7 nitrogen and oxygen atoms in total. The lowest BCUT2D eigenvalue weighted by molar-refractivity contribution is 0.0920. The Morgan fingerprint density at radius 1 is 1.00 bits per heavy atom. The number of halogens is 1. The number of rotatable bonds is 5. The van der Waals surface area contributed by atoms with Crippen molar-refractivity contribution in [3.63, 3.8) is 0 Å². The minimum Gasteiger partial charge on any atom is -0.347 e. The van der Waals surface area contributed by atoms with Crippen molar-refractivity contribution in [1.82, 2.24) is 5.32 Å². The summed E-state index contributed by atoms with van der Waals surface area (Å²) in [5, 5.41) is 5.64. The summed E-state index contributed by atoms with van der Waals surface area (Å²) < 4.78 is 24.4. The van der Waals surface area contributed by atoms with E-state index in [1.54, 1.807) is 24.3 Å². The molecule has 0 atom stereocenters. The monoisotopic (exact) mass is 437 g/mol. The molecule has 9 heteroatoms. The molecule has 0 aromatic heterocycles. The summed E-state index contributed by atoms with van der Waals surface area (Å²) in [7, 11) is -2.06. The highest BCUT2D eigenvalue weighted by molar-refractivity contribution is 7.92. The molecule has 0 unspecified atom stereocenters. The van der Waals surface area contributed by atoms with Crippen LogP contribution in [0.4, 0.5) is 11.4 Å². The molecule has 0 fully saturated rings. The molecule has 29 heavy (non-hydrogen) atoms. The molecule has 0 aliphatic rings. The zero-order valence-corrected chi connectivity index (χ0v) is 18.5. The molecule has 2 rings (SSSR count). The van der Waals surface area contributed by atoms with Gasteiger partial charge in [-0.05, 0) is 51.1 Å². The minimum atomic E-state index is -3.45. The van der Waals surface area contributed by atoms with E-state index in [0.29, 0.717) is 16.9 Å². The fourth-order valence-electron chi connectivity index (χ4n) is 2.46. The molecule has 0 saturated heterocycles. The van der Waals surface area contributed by atoms with Crippen LogP contribution in [0, 0.1) is 0 Å². The van der Waals surface area contributed by atoms with Crippen molar-refractivity contribution in [2.45, 2.75) is 26.3 Å². The van der Waals surface area contributed by atoms with Crippen molar-refractivity contribution in [3.8, 4) is 0 Å². The van der Waals surface area contributed by atoms with E-state index in [9.17, 15) is 18.0 Å². The van der Waals surface area contributed by atoms with E-state index in [1.807, 2.05) is 20.8 Å². The van der Waals surface area contributed by atoms with Crippen molar-refractivity contribution < 1.29 is 18.0 Å². The third kappa shape index (κ3) is 5.95. The quantitative estimate of drug-likeness (QED) is 0.748. The van der Waals surface area contributed by atoms with E-state index in [4.69, 9.17) is 11.6 Å². The predicted molar refractivity (Wildman–Crippen MR) is 116 cm³/mol. The number of nitrogens with one attached hydrogen (secondary N) is 2. The highest BCUT2D eigenvalue weighted by atomic mass is 35.5. The molecule has 0 aliphatic heterocycles. The summed E-state index contributed by atoms with van der Waals surface area (Å²) in [6, 6.07) is 11.0. The van der Waals surface area contributed by atoms with Gasteiger partial charge in [-0.25, -0.2) is 8.42 Å². The maximum Gasteiger partial charge on any atom is 0.257 e. The maximum atomic E-state index is 12.7. The van der Waals surface area contributed by atoms with E-state index in [0.717, 1.165) is 10.6 Å². The summed E-state index contributed by atoms with van der Waals surface area (Å²) in [4.78, 5) is 25.2. The second-order valence-electron chi connectivity index (χ2n) is 7.60. The Hall–Kier alpha value is -2.58. The lowest BCUT2D eigenvalue weighted by Crippen LogP contribution is -2.40. The van der Waals surface area contributed by atoms with E-state index in [2.05, 4.69) is 10.6 Å². The van der Waals surface area contributed by atoms with E-state index in [1.165, 1.54) is 25.2 Å². The summed E-state index contributed by atoms with van der Waals surface area (Å²) in [6.07, 6.45) is 1.07. The van der Waals surface area contributed by atoms with Crippen LogP contribution in [0.5, 0.6) is 0 Å². The second-order valence-corrected chi connectivity index (χ2v) is 10.0. The number of sulfonamides is 1. The molecule has 2 amide bonds. The van der Waals surface area contributed by atoms with Gasteiger partial charge in [0.25, 0.3) is 11.8 Å². The van der Waals surface area contributed by atoms with Crippen LogP contribution in [0.2, 0.25) is 5.02 Å². The van der Waals surface area contributed by atoms with Crippen molar-refractivity contribution in [3.05, 3.63) is 58.6 Å². The fourth-order valence-corrected chi connectivity index (χ4v) is 3.22. The molecule has 0 bridgehead atoms. The Balaban J connectivity index is 2.29. The van der Waals surface area contributed by atoms with Crippen LogP contribution in [0.15, 0.2) is 42.5 Å². The van der Waals surface area contributed by atoms with Crippen LogP contribution in [-0.4, -0.2) is 39.1 Å². The number of hydrogen-bond donors (Lipinski definition) is 2. The Labute approximate surface area is 176 Å². The van der Waals surface area contributed by atoms with Gasteiger partial charge in [-0.1, -0.05) is 23.7 Å². The molecule has 156 valence electrons. The molecule has 0 spiro atoms. The average molecular weight is 438 g/mol. The molecule has 2 N–H and O–H groups in total. The first-order valence-electron chi connectivity index (χ1n) is 8.76. The van der Waals surface area contributed by atoms with Gasteiger partial charge < -0.3 is 10.6 Å². The third-order valence-electron chi connectivity index (χ3n) is 3.97. The van der Waals surface area contributed by atoms with Gasteiger partial charge >= 0.3 is 0 Å². The summed E-state index contributed by atoms with van der Waals surface area (Å²) in [5.41, 5.74) is 0.717. The summed E-state index contributed by atoms with van der Waals surface area (Å²) in [6.45, 7) is 5.59. The van der Waals surface area contributed by atoms with Crippen molar-refractivity contribution in [2.75, 3.05) is 22.9 Å². The summed E-state index contributed by atoms with van der Waals surface area (Å²) in [5.74, 6) is -0.829. The van der Waals surface area contributed by atoms with Crippen LogP contribution < -0.4 is 14.9 Å². The number of nitrogens with zero attached hydrogens (tertiary/aromatic N) is 1. The number of carbonyl (C=O) groups excluding carboxylic acids is 2. The standard InChI is InChI=1S/C20H24ClN3O4S/c1-20(2,3)23-19(26)15-8-6-7-9-17(15)22-18(25)14-11-10-13(12-16(14)21)24(4)29(5,27)28/h6-12H,1-5H3,(H,22,25)(H,23,26). The number of carbonyl (C=O) groups is 2. The van der Waals surface area contributed by atoms with E-state index >= 15 is 0 Å².